The topological polar surface area (TPSA) is 38.0 Å². The van der Waals surface area contributed by atoms with Crippen LogP contribution in [-0.2, 0) is 12.1 Å². The van der Waals surface area contributed by atoms with Gasteiger partial charge >= 0.3 is 0 Å². The van der Waals surface area contributed by atoms with Crippen molar-refractivity contribution in [3.63, 3.8) is 0 Å². The van der Waals surface area contributed by atoms with Crippen LogP contribution >= 0.6 is 0 Å². The number of aromatic nitrogens is 2. The van der Waals surface area contributed by atoms with Crippen LogP contribution < -0.4 is 0 Å². The van der Waals surface area contributed by atoms with Crippen LogP contribution in [0.1, 0.15) is 52.8 Å². The lowest BCUT2D eigenvalue weighted by atomic mass is 9.65. The third-order valence-corrected chi connectivity index (χ3v) is 3.83. The molecule has 3 heteroatoms. The molecule has 1 fully saturated rings. The molecule has 2 unspecified atom stereocenters. The van der Waals surface area contributed by atoms with Gasteiger partial charge in [-0.05, 0) is 37.5 Å². The summed E-state index contributed by atoms with van der Waals surface area (Å²) in [4.78, 5) is 4.40. The van der Waals surface area contributed by atoms with Gasteiger partial charge in [-0.3, -0.25) is 0 Å². The first kappa shape index (κ1) is 12.6. The maximum Gasteiger partial charge on any atom is 0.140 e. The second-order valence-electron chi connectivity index (χ2n) is 6.42. The van der Waals surface area contributed by atoms with Gasteiger partial charge in [-0.15, -0.1) is 0 Å². The minimum absolute atomic E-state index is 0.191. The Labute approximate surface area is 104 Å². The molecule has 1 aliphatic carbocycles. The van der Waals surface area contributed by atoms with E-state index in [1.165, 1.54) is 6.42 Å². The summed E-state index contributed by atoms with van der Waals surface area (Å²) in [5.41, 5.74) is -0.558. The monoisotopic (exact) mass is 236 g/mol. The summed E-state index contributed by atoms with van der Waals surface area (Å²) >= 11 is 0. The zero-order valence-electron chi connectivity index (χ0n) is 11.4. The zero-order valence-corrected chi connectivity index (χ0v) is 11.4. The Morgan fingerprint density at radius 2 is 2.18 bits per heavy atom. The lowest BCUT2D eigenvalue weighted by Crippen LogP contribution is -2.41. The summed E-state index contributed by atoms with van der Waals surface area (Å²) in [6.07, 6.45) is 6.57. The average molecular weight is 236 g/mol. The van der Waals surface area contributed by atoms with Gasteiger partial charge < -0.3 is 9.67 Å². The van der Waals surface area contributed by atoms with Crippen molar-refractivity contribution in [3.05, 3.63) is 18.2 Å². The van der Waals surface area contributed by atoms with Crippen molar-refractivity contribution < 1.29 is 5.11 Å². The molecule has 2 atom stereocenters. The molecule has 1 N–H and O–H groups in total. The van der Waals surface area contributed by atoms with Gasteiger partial charge in [-0.2, -0.15) is 0 Å². The van der Waals surface area contributed by atoms with Gasteiger partial charge in [0.15, 0.2) is 0 Å². The highest BCUT2D eigenvalue weighted by Gasteiger charge is 2.44. The predicted molar refractivity (Wildman–Crippen MR) is 68.6 cm³/mol. The average Bonchev–Trinajstić information content (AvgIpc) is 2.61. The van der Waals surface area contributed by atoms with E-state index in [4.69, 9.17) is 0 Å². The number of aryl methyl sites for hydroxylation is 1. The molecule has 0 aromatic carbocycles. The highest BCUT2D eigenvalue weighted by atomic mass is 16.3. The van der Waals surface area contributed by atoms with Gasteiger partial charge in [0.05, 0.1) is 0 Å². The van der Waals surface area contributed by atoms with E-state index in [9.17, 15) is 5.11 Å². The van der Waals surface area contributed by atoms with Gasteiger partial charge in [0.1, 0.15) is 11.4 Å². The largest absolute Gasteiger partial charge is 0.382 e. The highest BCUT2D eigenvalue weighted by Crippen LogP contribution is 2.48. The fourth-order valence-electron chi connectivity index (χ4n) is 3.67. The molecule has 1 saturated carbocycles. The zero-order chi connectivity index (χ0) is 12.7. The number of nitrogens with zero attached hydrogens (tertiary/aromatic N) is 2. The Kier molecular flexibility index (Phi) is 3.06. The molecule has 1 aromatic heterocycles. The molecule has 0 saturated heterocycles. The normalized spacial score (nSPS) is 32.6. The first-order valence-electron chi connectivity index (χ1n) is 6.60. The highest BCUT2D eigenvalue weighted by molar-refractivity contribution is 5.09. The van der Waals surface area contributed by atoms with Crippen LogP contribution in [0.4, 0.5) is 0 Å². The lowest BCUT2D eigenvalue weighted by molar-refractivity contribution is -0.0719. The van der Waals surface area contributed by atoms with E-state index in [-0.39, 0.29) is 5.41 Å². The van der Waals surface area contributed by atoms with Crippen LogP contribution in [0.15, 0.2) is 12.4 Å². The van der Waals surface area contributed by atoms with Gasteiger partial charge in [-0.25, -0.2) is 4.98 Å². The van der Waals surface area contributed by atoms with Gasteiger partial charge in [0.25, 0.3) is 0 Å². The van der Waals surface area contributed by atoms with E-state index in [2.05, 4.69) is 37.2 Å². The summed E-state index contributed by atoms with van der Waals surface area (Å²) < 4.78 is 2.06. The number of imidazole rings is 1. The summed E-state index contributed by atoms with van der Waals surface area (Å²) in [5.74, 6) is 1.39. The Bertz CT molecular complexity index is 397. The summed E-state index contributed by atoms with van der Waals surface area (Å²) in [6.45, 7) is 9.67. The quantitative estimate of drug-likeness (QED) is 0.857. The molecule has 0 bridgehead atoms. The van der Waals surface area contributed by atoms with Gasteiger partial charge in [0, 0.05) is 18.9 Å². The van der Waals surface area contributed by atoms with E-state index >= 15 is 0 Å². The van der Waals surface area contributed by atoms with Crippen LogP contribution in [0.5, 0.6) is 0 Å². The standard InChI is InChI=1S/C14H24N2O/c1-5-16-7-6-15-12(16)14(17)9-11(2)8-13(3,4)10-14/h6-7,11,17H,5,8-10H2,1-4H3. The molecular weight excluding hydrogens is 212 g/mol. The minimum Gasteiger partial charge on any atom is -0.382 e. The summed E-state index contributed by atoms with van der Waals surface area (Å²) in [5, 5.41) is 11.0. The van der Waals surface area contributed by atoms with E-state index < -0.39 is 5.60 Å². The van der Waals surface area contributed by atoms with Crippen LogP contribution in [0, 0.1) is 11.3 Å². The molecule has 2 rings (SSSR count). The third kappa shape index (κ3) is 2.39. The van der Waals surface area contributed by atoms with Crippen molar-refractivity contribution in [1.29, 1.82) is 0 Å². The Hall–Kier alpha value is -0.830. The van der Waals surface area contributed by atoms with Crippen molar-refractivity contribution in [2.24, 2.45) is 11.3 Å². The molecular formula is C14H24N2O. The van der Waals surface area contributed by atoms with Gasteiger partial charge in [-0.1, -0.05) is 20.8 Å². The van der Waals surface area contributed by atoms with E-state index in [0.29, 0.717) is 5.92 Å². The van der Waals surface area contributed by atoms with Crippen molar-refractivity contribution in [3.8, 4) is 0 Å². The lowest BCUT2D eigenvalue weighted by Gasteiger charge is -2.44. The molecule has 96 valence electrons. The molecule has 1 aliphatic rings. The molecule has 0 radical (unpaired) electrons. The fraction of sp³-hybridized carbons (Fsp3) is 0.786. The number of hydrogen-bond acceptors (Lipinski definition) is 2. The van der Waals surface area contributed by atoms with Crippen LogP contribution in [-0.4, -0.2) is 14.7 Å². The second-order valence-corrected chi connectivity index (χ2v) is 6.42. The molecule has 3 nitrogen and oxygen atoms in total. The van der Waals surface area contributed by atoms with Crippen LogP contribution in [0.3, 0.4) is 0 Å². The smallest absolute Gasteiger partial charge is 0.140 e. The Balaban J connectivity index is 2.35. The number of rotatable bonds is 2. The maximum absolute atomic E-state index is 11.0. The fourth-order valence-corrected chi connectivity index (χ4v) is 3.67. The number of aliphatic hydroxyl groups is 1. The summed E-state index contributed by atoms with van der Waals surface area (Å²) in [7, 11) is 0. The minimum atomic E-state index is -0.749. The third-order valence-electron chi connectivity index (χ3n) is 3.83. The maximum atomic E-state index is 11.0. The predicted octanol–water partition coefficient (Wildman–Crippen LogP) is 2.94. The van der Waals surface area contributed by atoms with Crippen molar-refractivity contribution in [1.82, 2.24) is 9.55 Å². The summed E-state index contributed by atoms with van der Waals surface area (Å²) in [6, 6.07) is 0. The molecule has 17 heavy (non-hydrogen) atoms. The van der Waals surface area contributed by atoms with E-state index in [0.717, 1.165) is 25.2 Å². The van der Waals surface area contributed by atoms with E-state index in [1.807, 2.05) is 6.20 Å². The first-order valence-corrected chi connectivity index (χ1v) is 6.60. The SMILES string of the molecule is CCn1ccnc1C1(O)CC(C)CC(C)(C)C1. The molecule has 0 spiro atoms. The first-order chi connectivity index (χ1) is 7.86. The van der Waals surface area contributed by atoms with E-state index in [1.54, 1.807) is 6.20 Å². The molecule has 0 amide bonds. The molecule has 0 aliphatic heterocycles. The van der Waals surface area contributed by atoms with Crippen molar-refractivity contribution in [2.75, 3.05) is 0 Å². The second kappa shape index (κ2) is 4.13. The number of hydrogen-bond donors (Lipinski definition) is 1. The molecule has 1 aromatic rings. The van der Waals surface area contributed by atoms with Crippen molar-refractivity contribution in [2.45, 2.75) is 59.1 Å². The van der Waals surface area contributed by atoms with Crippen LogP contribution in [0.25, 0.3) is 0 Å². The van der Waals surface area contributed by atoms with Gasteiger partial charge in [0.2, 0.25) is 0 Å². The Morgan fingerprint density at radius 3 is 2.76 bits per heavy atom. The Morgan fingerprint density at radius 1 is 1.47 bits per heavy atom. The van der Waals surface area contributed by atoms with Crippen LogP contribution in [0.2, 0.25) is 0 Å². The molecule has 1 heterocycles. The van der Waals surface area contributed by atoms with Crippen molar-refractivity contribution >= 4 is 0 Å².